The van der Waals surface area contributed by atoms with E-state index < -0.39 is 0 Å². The Bertz CT molecular complexity index is 914. The Hall–Kier alpha value is -2.93. The molecule has 0 saturated carbocycles. The number of thiocarbonyl (C=S) groups is 1. The highest BCUT2D eigenvalue weighted by atomic mass is 32.1. The minimum absolute atomic E-state index is 0.190. The van der Waals surface area contributed by atoms with Gasteiger partial charge in [-0.25, -0.2) is 4.39 Å². The number of nitrogens with one attached hydrogen (secondary N) is 1. The maximum atomic E-state index is 13.3. The van der Waals surface area contributed by atoms with E-state index in [2.05, 4.69) is 5.32 Å². The molecule has 0 aromatic heterocycles. The molecule has 1 aliphatic heterocycles. The van der Waals surface area contributed by atoms with Crippen LogP contribution in [-0.4, -0.2) is 29.6 Å². The predicted octanol–water partition coefficient (Wildman–Crippen LogP) is 3.49. The van der Waals surface area contributed by atoms with Gasteiger partial charge in [-0.3, -0.25) is 9.69 Å². The van der Waals surface area contributed by atoms with Crippen molar-refractivity contribution in [1.29, 1.82) is 0 Å². The highest BCUT2D eigenvalue weighted by Crippen LogP contribution is 2.30. The lowest BCUT2D eigenvalue weighted by atomic mass is 10.1. The fourth-order valence-corrected chi connectivity index (χ4v) is 2.77. The van der Waals surface area contributed by atoms with E-state index in [0.717, 1.165) is 11.1 Å². The van der Waals surface area contributed by atoms with E-state index in [0.29, 0.717) is 28.9 Å². The zero-order chi connectivity index (χ0) is 19.4. The summed E-state index contributed by atoms with van der Waals surface area (Å²) in [7, 11) is 1.62. The Morgan fingerprint density at radius 1 is 1.19 bits per heavy atom. The van der Waals surface area contributed by atoms with Crippen LogP contribution in [0.3, 0.4) is 0 Å². The van der Waals surface area contributed by atoms with E-state index in [-0.39, 0.29) is 18.3 Å². The van der Waals surface area contributed by atoms with Gasteiger partial charge in [-0.15, -0.1) is 0 Å². The lowest BCUT2D eigenvalue weighted by molar-refractivity contribution is -0.121. The molecular weight excluding hydrogens is 367 g/mol. The fourth-order valence-electron chi connectivity index (χ4n) is 2.58. The Balaban J connectivity index is 1.80. The quantitative estimate of drug-likeness (QED) is 0.608. The van der Waals surface area contributed by atoms with Gasteiger partial charge in [-0.2, -0.15) is 0 Å². The molecule has 140 valence electrons. The number of nitrogens with zero attached hydrogens (tertiary/aromatic N) is 1. The van der Waals surface area contributed by atoms with Gasteiger partial charge in [0.1, 0.15) is 18.1 Å². The van der Waals surface area contributed by atoms with E-state index in [9.17, 15) is 9.18 Å². The number of ether oxygens (including phenoxy) is 2. The summed E-state index contributed by atoms with van der Waals surface area (Å²) in [6.45, 7) is 2.55. The molecule has 1 N–H and O–H groups in total. The molecular formula is C20H19FN2O3S. The number of carbonyl (C=O) groups is 1. The third-order valence-electron chi connectivity index (χ3n) is 3.94. The smallest absolute Gasteiger partial charge is 0.276 e. The number of rotatable bonds is 6. The normalized spacial score (nSPS) is 15.2. The molecule has 27 heavy (non-hydrogen) atoms. The van der Waals surface area contributed by atoms with Crippen LogP contribution in [0.2, 0.25) is 0 Å². The molecule has 0 aliphatic carbocycles. The van der Waals surface area contributed by atoms with Crippen molar-refractivity contribution in [3.05, 3.63) is 65.1 Å². The van der Waals surface area contributed by atoms with Crippen LogP contribution in [0, 0.1) is 5.82 Å². The van der Waals surface area contributed by atoms with Gasteiger partial charge in [0.2, 0.25) is 0 Å². The first-order chi connectivity index (χ1) is 13.0. The first-order valence-corrected chi connectivity index (χ1v) is 8.83. The van der Waals surface area contributed by atoms with E-state index in [1.807, 2.05) is 13.0 Å². The zero-order valence-electron chi connectivity index (χ0n) is 15.0. The van der Waals surface area contributed by atoms with Crippen LogP contribution < -0.4 is 14.8 Å². The maximum Gasteiger partial charge on any atom is 0.276 e. The highest BCUT2D eigenvalue weighted by Gasteiger charge is 2.27. The molecule has 3 rings (SSSR count). The van der Waals surface area contributed by atoms with Crippen LogP contribution in [0.25, 0.3) is 6.08 Å². The molecule has 0 radical (unpaired) electrons. The summed E-state index contributed by atoms with van der Waals surface area (Å²) in [6, 6.07) is 11.6. The fraction of sp³-hybridized carbons (Fsp3) is 0.200. The molecule has 1 amide bonds. The minimum atomic E-state index is -0.306. The molecule has 1 aliphatic rings. The summed E-state index contributed by atoms with van der Waals surface area (Å²) < 4.78 is 24.7. The van der Waals surface area contributed by atoms with E-state index in [1.54, 1.807) is 37.4 Å². The minimum Gasteiger partial charge on any atom is -0.490 e. The summed E-state index contributed by atoms with van der Waals surface area (Å²) in [5, 5.41) is 3.25. The third-order valence-corrected chi connectivity index (χ3v) is 4.32. The Morgan fingerprint density at radius 3 is 2.67 bits per heavy atom. The van der Waals surface area contributed by atoms with Gasteiger partial charge < -0.3 is 14.8 Å². The average Bonchev–Trinajstić information content (AvgIpc) is 2.88. The number of hydrogen-bond donors (Lipinski definition) is 1. The van der Waals surface area contributed by atoms with Gasteiger partial charge in [0.05, 0.1) is 6.61 Å². The van der Waals surface area contributed by atoms with E-state index in [4.69, 9.17) is 21.7 Å². The van der Waals surface area contributed by atoms with Gasteiger partial charge in [0.25, 0.3) is 5.91 Å². The van der Waals surface area contributed by atoms with Gasteiger partial charge in [-0.1, -0.05) is 18.2 Å². The van der Waals surface area contributed by atoms with Gasteiger partial charge in [0.15, 0.2) is 16.6 Å². The van der Waals surface area contributed by atoms with Gasteiger partial charge in [-0.05, 0) is 60.6 Å². The van der Waals surface area contributed by atoms with Gasteiger partial charge >= 0.3 is 0 Å². The molecule has 0 unspecified atom stereocenters. The predicted molar refractivity (Wildman–Crippen MR) is 105 cm³/mol. The largest absolute Gasteiger partial charge is 0.490 e. The number of likely N-dealkylation sites (N-methyl/N-ethyl adjacent to an activating group) is 1. The second-order valence-corrected chi connectivity index (χ2v) is 6.30. The van der Waals surface area contributed by atoms with Crippen molar-refractivity contribution in [3.8, 4) is 11.5 Å². The van der Waals surface area contributed by atoms with Crippen molar-refractivity contribution >= 4 is 29.3 Å². The number of amides is 1. The van der Waals surface area contributed by atoms with Crippen molar-refractivity contribution in [1.82, 2.24) is 10.2 Å². The highest BCUT2D eigenvalue weighted by molar-refractivity contribution is 7.80. The molecule has 0 bridgehead atoms. The van der Waals surface area contributed by atoms with Crippen LogP contribution >= 0.6 is 12.2 Å². The monoisotopic (exact) mass is 386 g/mol. The summed E-state index contributed by atoms with van der Waals surface area (Å²) in [5.74, 6) is 0.593. The molecule has 0 spiro atoms. The van der Waals surface area contributed by atoms with Crippen molar-refractivity contribution in [2.24, 2.45) is 0 Å². The van der Waals surface area contributed by atoms with Crippen LogP contribution in [0.1, 0.15) is 18.1 Å². The molecule has 1 heterocycles. The van der Waals surface area contributed by atoms with Crippen molar-refractivity contribution in [3.63, 3.8) is 0 Å². The van der Waals surface area contributed by atoms with Crippen LogP contribution in [0.4, 0.5) is 4.39 Å². The topological polar surface area (TPSA) is 50.8 Å². The second kappa shape index (κ2) is 8.18. The number of halogens is 1. The summed E-state index contributed by atoms with van der Waals surface area (Å²) in [6.07, 6.45) is 1.71. The SMILES string of the molecule is CCOc1cc(C=C2NC(=S)N(C)C2=O)ccc1OCc1cccc(F)c1. The maximum absolute atomic E-state index is 13.3. The molecule has 2 aromatic rings. The Kier molecular flexibility index (Phi) is 5.71. The van der Waals surface area contributed by atoms with Crippen LogP contribution in [-0.2, 0) is 11.4 Å². The molecule has 0 atom stereocenters. The lowest BCUT2D eigenvalue weighted by Gasteiger charge is -2.13. The number of benzene rings is 2. The summed E-state index contributed by atoms with van der Waals surface area (Å²) >= 11 is 5.07. The molecule has 5 nitrogen and oxygen atoms in total. The zero-order valence-corrected chi connectivity index (χ0v) is 15.8. The Labute approximate surface area is 162 Å². The summed E-state index contributed by atoms with van der Waals surface area (Å²) in [5.41, 5.74) is 1.89. The van der Waals surface area contributed by atoms with Crippen molar-refractivity contribution in [2.75, 3.05) is 13.7 Å². The average molecular weight is 386 g/mol. The number of hydrogen-bond acceptors (Lipinski definition) is 4. The molecule has 2 aromatic carbocycles. The van der Waals surface area contributed by atoms with Crippen molar-refractivity contribution < 1.29 is 18.7 Å². The van der Waals surface area contributed by atoms with Gasteiger partial charge in [0, 0.05) is 7.05 Å². The first kappa shape index (κ1) is 18.8. The molecule has 1 saturated heterocycles. The molecule has 7 heteroatoms. The first-order valence-electron chi connectivity index (χ1n) is 8.42. The Morgan fingerprint density at radius 2 is 2.00 bits per heavy atom. The summed E-state index contributed by atoms with van der Waals surface area (Å²) in [4.78, 5) is 13.5. The standard InChI is InChI=1S/C20H19FN2O3S/c1-3-25-18-11-13(10-16-19(24)23(2)20(27)22-16)7-8-17(18)26-12-14-5-4-6-15(21)9-14/h4-11H,3,12H2,1-2H3,(H,22,27). The number of carbonyl (C=O) groups excluding carboxylic acids is 1. The second-order valence-electron chi connectivity index (χ2n) is 5.91. The third kappa shape index (κ3) is 4.43. The van der Waals surface area contributed by atoms with Crippen molar-refractivity contribution in [2.45, 2.75) is 13.5 Å². The van der Waals surface area contributed by atoms with E-state index >= 15 is 0 Å². The van der Waals surface area contributed by atoms with E-state index in [1.165, 1.54) is 17.0 Å². The van der Waals surface area contributed by atoms with Crippen LogP contribution in [0.5, 0.6) is 11.5 Å². The lowest BCUT2D eigenvalue weighted by Crippen LogP contribution is -2.25. The molecule has 1 fully saturated rings. The van der Waals surface area contributed by atoms with Crippen LogP contribution in [0.15, 0.2) is 48.2 Å².